The number of anilines is 1. The van der Waals surface area contributed by atoms with Crippen molar-refractivity contribution in [3.8, 4) is 50.7 Å². The number of nitrogens with two attached hydrogens (primary N) is 2. The first kappa shape index (κ1) is 36.8. The third-order valence-electron chi connectivity index (χ3n) is 9.51. The molecule has 0 fully saturated rings. The number of fused-ring (bicyclic) bond motifs is 4. The van der Waals surface area contributed by atoms with Gasteiger partial charge in [0.2, 0.25) is 5.91 Å². The lowest BCUT2D eigenvalue weighted by molar-refractivity contribution is -0.172. The van der Waals surface area contributed by atoms with E-state index < -0.39 is 24.3 Å². The van der Waals surface area contributed by atoms with Crippen molar-refractivity contribution in [2.24, 2.45) is 0 Å². The van der Waals surface area contributed by atoms with Crippen LogP contribution in [0.3, 0.4) is 0 Å². The number of carboxylic acid groups (broad SMARTS) is 1. The molecule has 0 saturated carbocycles. The van der Waals surface area contributed by atoms with Gasteiger partial charge >= 0.3 is 5.97 Å². The van der Waals surface area contributed by atoms with Crippen LogP contribution in [0.25, 0.3) is 66.8 Å². The largest absolute Gasteiger partial charge is 0.508 e. The Labute approximate surface area is 331 Å². The van der Waals surface area contributed by atoms with E-state index in [1.807, 2.05) is 24.3 Å². The average molecular weight is 801 g/mol. The molecular weight excluding hydrogens is 771 g/mol. The molecular formula is C43H29Cl2N4O8+. The van der Waals surface area contributed by atoms with Gasteiger partial charge in [-0.3, -0.25) is 19.8 Å². The number of nitrogen functional groups attached to an aromatic ring is 1. The fourth-order valence-electron chi connectivity index (χ4n) is 6.91. The number of phenols is 1. The van der Waals surface area contributed by atoms with Crippen LogP contribution in [-0.4, -0.2) is 34.5 Å². The molecule has 12 nitrogen and oxygen atoms in total. The first-order valence-electron chi connectivity index (χ1n) is 17.3. The molecule has 2 heterocycles. The highest BCUT2D eigenvalue weighted by Crippen LogP contribution is 2.47. The molecule has 0 atom stereocenters. The molecule has 8 rings (SSSR count). The number of rotatable bonds is 8. The minimum atomic E-state index is -1.39. The normalized spacial score (nSPS) is 11.3. The van der Waals surface area contributed by atoms with E-state index >= 15 is 0 Å². The van der Waals surface area contributed by atoms with Crippen LogP contribution in [-0.2, 0) is 11.3 Å². The second kappa shape index (κ2) is 14.5. The summed E-state index contributed by atoms with van der Waals surface area (Å²) in [5, 5.41) is 32.8. The summed E-state index contributed by atoms with van der Waals surface area (Å²) in [4.78, 5) is 51.3. The van der Waals surface area contributed by atoms with Gasteiger partial charge in [0.1, 0.15) is 28.4 Å². The van der Waals surface area contributed by atoms with E-state index in [1.54, 1.807) is 54.6 Å². The summed E-state index contributed by atoms with van der Waals surface area (Å²) in [6, 6.07) is 27.6. The molecule has 2 aliphatic heterocycles. The zero-order valence-electron chi connectivity index (χ0n) is 29.5. The Kier molecular flexibility index (Phi) is 9.36. The first-order chi connectivity index (χ1) is 27.4. The maximum atomic E-state index is 13.6. The van der Waals surface area contributed by atoms with Gasteiger partial charge in [0.25, 0.3) is 5.91 Å². The summed E-state index contributed by atoms with van der Waals surface area (Å²) in [5.41, 5.74) is 10.3. The molecule has 282 valence electrons. The van der Waals surface area contributed by atoms with Crippen LogP contribution in [0.4, 0.5) is 5.69 Å². The monoisotopic (exact) mass is 799 g/mol. The predicted octanol–water partition coefficient (Wildman–Crippen LogP) is 6.08. The van der Waals surface area contributed by atoms with E-state index in [9.17, 15) is 29.4 Å². The molecule has 0 aromatic heterocycles. The van der Waals surface area contributed by atoms with Crippen molar-refractivity contribution in [2.75, 3.05) is 12.3 Å². The van der Waals surface area contributed by atoms with Crippen molar-refractivity contribution < 1.29 is 38.8 Å². The van der Waals surface area contributed by atoms with Crippen molar-refractivity contribution in [1.29, 1.82) is 0 Å². The summed E-state index contributed by atoms with van der Waals surface area (Å²) in [5.74, 6) is -1.96. The second-order valence-electron chi connectivity index (χ2n) is 13.2. The smallest absolute Gasteiger partial charge is 0.337 e. The van der Waals surface area contributed by atoms with Crippen LogP contribution < -0.4 is 32.6 Å². The third kappa shape index (κ3) is 6.88. The predicted molar refractivity (Wildman–Crippen MR) is 215 cm³/mol. The summed E-state index contributed by atoms with van der Waals surface area (Å²) in [6.07, 6.45) is 0. The first-order valence-corrected chi connectivity index (χ1v) is 18.1. The van der Waals surface area contributed by atoms with Gasteiger partial charge in [-0.15, -0.1) is 0 Å². The van der Waals surface area contributed by atoms with E-state index in [2.05, 4.69) is 10.6 Å². The minimum absolute atomic E-state index is 0.0220. The Balaban J connectivity index is 1.03. The number of phenolic OH excluding ortho intramolecular Hbond substituents is 1. The lowest BCUT2D eigenvalue weighted by Crippen LogP contribution is -2.44. The van der Waals surface area contributed by atoms with Crippen LogP contribution in [0, 0.1) is 0 Å². The lowest BCUT2D eigenvalue weighted by atomic mass is 9.89. The molecule has 14 heteroatoms. The Morgan fingerprint density at radius 3 is 2.16 bits per heavy atom. The molecule has 0 unspecified atom stereocenters. The summed E-state index contributed by atoms with van der Waals surface area (Å²) in [7, 11) is 0. The molecule has 0 saturated heterocycles. The lowest BCUT2D eigenvalue weighted by Gasteiger charge is -2.20. The highest BCUT2D eigenvalue weighted by atomic mass is 35.5. The van der Waals surface area contributed by atoms with Crippen LogP contribution in [0.2, 0.25) is 10.0 Å². The van der Waals surface area contributed by atoms with Crippen molar-refractivity contribution in [3.05, 3.63) is 145 Å². The number of hydrogen-bond donors (Lipinski definition) is 6. The van der Waals surface area contributed by atoms with Crippen molar-refractivity contribution >= 4 is 68.6 Å². The highest BCUT2D eigenvalue weighted by molar-refractivity contribution is 6.41. The molecule has 0 spiro atoms. The van der Waals surface area contributed by atoms with Crippen molar-refractivity contribution in [1.82, 2.24) is 10.6 Å². The maximum Gasteiger partial charge on any atom is 0.337 e. The van der Waals surface area contributed by atoms with E-state index in [0.29, 0.717) is 55.8 Å². The Hall–Kier alpha value is -7.15. The summed E-state index contributed by atoms with van der Waals surface area (Å²) in [6.45, 7) is -0.304. The van der Waals surface area contributed by atoms with Gasteiger partial charge < -0.3 is 35.4 Å². The van der Waals surface area contributed by atoms with Gasteiger partial charge in [0, 0.05) is 75.1 Å². The molecule has 2 amide bonds. The zero-order valence-corrected chi connectivity index (χ0v) is 31.0. The Morgan fingerprint density at radius 1 is 0.737 bits per heavy atom. The number of carboxylic acids is 1. The number of hydrogen-bond acceptors (Lipinski definition) is 8. The number of carbonyl (C=O) groups excluding carboxylic acids is 2. The van der Waals surface area contributed by atoms with E-state index in [1.165, 1.54) is 18.2 Å². The van der Waals surface area contributed by atoms with E-state index in [0.717, 1.165) is 28.1 Å². The molecule has 4 aliphatic rings. The van der Waals surface area contributed by atoms with Gasteiger partial charge in [-0.25, -0.2) is 4.79 Å². The number of nitrogens with one attached hydrogen (secondary N) is 2. The van der Waals surface area contributed by atoms with Crippen LogP contribution in [0.1, 0.15) is 26.3 Å². The molecule has 0 radical (unpaired) electrons. The molecule has 2 aliphatic carbocycles. The second-order valence-corrected chi connectivity index (χ2v) is 14.0. The highest BCUT2D eigenvalue weighted by Gasteiger charge is 2.30. The van der Waals surface area contributed by atoms with Gasteiger partial charge in [-0.1, -0.05) is 47.5 Å². The van der Waals surface area contributed by atoms with Crippen molar-refractivity contribution in [2.45, 2.75) is 6.54 Å². The minimum Gasteiger partial charge on any atom is -0.508 e. The standard InChI is InChI=1S/C43H28Cl2N4O8/c44-31-17-30(41(45)40(39(31)43(54)55)38-28-9-5-22(46)13-32(28)56-33-14-23(47)6-10-29(33)38)42(53)49-19-36(52)48-18-20-1-3-21(4-2-20)37-26-11-7-24(50)15-34(26)57-35-16-25(51)8-12-27(35)37/h1-17,46,50H,18-19,47H2,(H,48,52)(H,49,53)(H,54,55)/p+1. The van der Waals surface area contributed by atoms with Crippen molar-refractivity contribution in [3.63, 3.8) is 0 Å². The van der Waals surface area contributed by atoms with Gasteiger partial charge in [0.15, 0.2) is 10.8 Å². The topological polar surface area (TPSA) is 211 Å². The summed E-state index contributed by atoms with van der Waals surface area (Å²) >= 11 is 13.5. The average Bonchev–Trinajstić information content (AvgIpc) is 3.17. The number of benzene rings is 6. The number of amides is 2. The molecule has 4 aromatic carbocycles. The van der Waals surface area contributed by atoms with Crippen LogP contribution >= 0.6 is 23.2 Å². The maximum absolute atomic E-state index is 13.6. The van der Waals surface area contributed by atoms with Gasteiger partial charge in [-0.2, -0.15) is 0 Å². The number of aromatic carboxylic acids is 1. The molecule has 0 bridgehead atoms. The SMILES string of the molecule is Nc1ccc2c(-c3c(Cl)c(C(=O)NCC(=O)NCc4ccc(-c5c6ccc(=O)cc-6oc6cc(O)ccc56)cc4)cc(Cl)c3C(=O)O)c3ccc(=[NH2+])cc-3oc2c1. The van der Waals surface area contributed by atoms with Gasteiger partial charge in [0.05, 0.1) is 33.8 Å². The summed E-state index contributed by atoms with van der Waals surface area (Å²) < 4.78 is 12.0. The number of aromatic hydroxyl groups is 1. The van der Waals surface area contributed by atoms with E-state index in [4.69, 9.17) is 43.2 Å². The Bertz CT molecular complexity index is 3030. The molecule has 8 N–H and O–H groups in total. The fraction of sp³-hybridized carbons (Fsp3) is 0.0465. The van der Waals surface area contributed by atoms with E-state index in [-0.39, 0.29) is 44.5 Å². The van der Waals surface area contributed by atoms with Gasteiger partial charge in [-0.05, 0) is 59.7 Å². The van der Waals surface area contributed by atoms with Crippen LogP contribution in [0.15, 0.2) is 117 Å². The Morgan fingerprint density at radius 2 is 1.40 bits per heavy atom. The van der Waals surface area contributed by atoms with Crippen LogP contribution in [0.5, 0.6) is 5.75 Å². The fourth-order valence-corrected chi connectivity index (χ4v) is 7.52. The molecule has 57 heavy (non-hydrogen) atoms. The number of carbonyl (C=O) groups is 3. The quantitative estimate of drug-likeness (QED) is 0.0776. The zero-order chi connectivity index (χ0) is 40.1. The third-order valence-corrected chi connectivity index (χ3v) is 10.2. The molecule has 4 aromatic rings. The number of halogens is 2.